The van der Waals surface area contributed by atoms with E-state index in [2.05, 4.69) is 73.5 Å². The Morgan fingerprint density at radius 1 is 0.714 bits per heavy atom. The zero-order valence-corrected chi connectivity index (χ0v) is 20.5. The van der Waals surface area contributed by atoms with E-state index in [1.54, 1.807) is 0 Å². The van der Waals surface area contributed by atoms with Crippen LogP contribution in [0.1, 0.15) is 0 Å². The van der Waals surface area contributed by atoms with Gasteiger partial charge >= 0.3 is 25.4 Å². The first-order chi connectivity index (χ1) is 9.31. The van der Waals surface area contributed by atoms with Gasteiger partial charge in [-0.15, -0.1) is 13.1 Å². The molecule has 3 nitrogen and oxygen atoms in total. The van der Waals surface area contributed by atoms with Crippen molar-refractivity contribution >= 4 is 50.1 Å². The Balaban J connectivity index is 0. The molecule has 0 radical (unpaired) electrons. The van der Waals surface area contributed by atoms with Crippen molar-refractivity contribution in [2.75, 3.05) is 26.2 Å². The minimum absolute atomic E-state index is 1.01. The molecule has 0 aliphatic rings. The molecule has 0 rings (SSSR count). The van der Waals surface area contributed by atoms with E-state index in [9.17, 15) is 0 Å². The molecule has 0 unspecified atom stereocenters. The van der Waals surface area contributed by atoms with Crippen molar-refractivity contribution in [2.45, 2.75) is 58.9 Å². The SMILES string of the molecule is C[Si](C)(C)[N-]CCN(CC[N-][Si](C)(C)C)[Si](C)(C)C.[Al+2][Cl]. The number of nitrogens with zero attached hydrogens (tertiary/aromatic N) is 3. The van der Waals surface area contributed by atoms with Crippen molar-refractivity contribution in [2.24, 2.45) is 0 Å². The van der Waals surface area contributed by atoms with Crippen LogP contribution in [0.3, 0.4) is 0 Å². The maximum absolute atomic E-state index is 4.86. The minimum atomic E-state index is -1.25. The normalized spacial score (nSPS) is 13.2. The van der Waals surface area contributed by atoms with Crippen LogP contribution in [-0.2, 0) is 0 Å². The third kappa shape index (κ3) is 17.5. The molecule has 21 heavy (non-hydrogen) atoms. The van der Waals surface area contributed by atoms with Crippen molar-refractivity contribution in [3.63, 3.8) is 0 Å². The average molecular weight is 380 g/mol. The quantitative estimate of drug-likeness (QED) is 0.527. The van der Waals surface area contributed by atoms with Gasteiger partial charge in [0.15, 0.2) is 0 Å². The zero-order valence-electron chi connectivity index (χ0n) is 15.6. The number of rotatable bonds is 9. The molecule has 124 valence electrons. The molecule has 0 atom stereocenters. The molecule has 8 heteroatoms. The predicted molar refractivity (Wildman–Crippen MR) is 110 cm³/mol. The summed E-state index contributed by atoms with van der Waals surface area (Å²) in [6.07, 6.45) is 0. The molecule has 0 aromatic carbocycles. The van der Waals surface area contributed by atoms with E-state index in [-0.39, 0.29) is 0 Å². The van der Waals surface area contributed by atoms with E-state index in [1.165, 1.54) is 0 Å². The van der Waals surface area contributed by atoms with Gasteiger partial charge in [-0.05, 0) is 13.1 Å². The van der Waals surface area contributed by atoms with E-state index in [1.807, 2.05) is 15.4 Å². The van der Waals surface area contributed by atoms with Crippen LogP contribution >= 0.6 is 10.0 Å². The van der Waals surface area contributed by atoms with Crippen molar-refractivity contribution < 1.29 is 0 Å². The molecule has 0 saturated heterocycles. The van der Waals surface area contributed by atoms with Crippen molar-refractivity contribution in [3.05, 3.63) is 9.96 Å². The fourth-order valence-corrected chi connectivity index (χ4v) is 4.88. The van der Waals surface area contributed by atoms with Crippen LogP contribution in [0.2, 0.25) is 58.9 Å². The Morgan fingerprint density at radius 2 is 1.00 bits per heavy atom. The van der Waals surface area contributed by atoms with Gasteiger partial charge in [0.25, 0.3) is 0 Å². The number of hydrogen-bond acceptors (Lipinski definition) is 1. The second kappa shape index (κ2) is 11.0. The van der Waals surface area contributed by atoms with Gasteiger partial charge in [0, 0.05) is 0 Å². The van der Waals surface area contributed by atoms with Gasteiger partial charge in [-0.2, -0.15) is 0 Å². The third-order valence-electron chi connectivity index (χ3n) is 2.86. The van der Waals surface area contributed by atoms with Crippen LogP contribution in [-0.4, -0.2) is 70.8 Å². The Kier molecular flexibility index (Phi) is 12.9. The van der Waals surface area contributed by atoms with Crippen LogP contribution in [0.25, 0.3) is 9.96 Å². The second-order valence-corrected chi connectivity index (χ2v) is 22.6. The van der Waals surface area contributed by atoms with Crippen LogP contribution in [0.15, 0.2) is 0 Å². The predicted octanol–water partition coefficient (Wildman–Crippen LogP) is 4.85. The topological polar surface area (TPSA) is 31.4 Å². The summed E-state index contributed by atoms with van der Waals surface area (Å²) in [5, 5.41) is 0. The molecule has 0 aromatic heterocycles. The molecule has 0 aliphatic heterocycles. The van der Waals surface area contributed by atoms with Crippen molar-refractivity contribution in [1.29, 1.82) is 0 Å². The third-order valence-corrected chi connectivity index (χ3v) is 7.55. The molecule has 0 aromatic rings. The molecule has 0 N–H and O–H groups in total. The van der Waals surface area contributed by atoms with Crippen LogP contribution < -0.4 is 0 Å². The Hall–Kier alpha value is 1.35. The van der Waals surface area contributed by atoms with E-state index in [0.717, 1.165) is 26.2 Å². The van der Waals surface area contributed by atoms with Gasteiger partial charge in [0.05, 0.1) is 0 Å². The van der Waals surface area contributed by atoms with Gasteiger partial charge in [-0.3, -0.25) is 0 Å². The Morgan fingerprint density at radius 3 is 1.19 bits per heavy atom. The molecule has 0 fully saturated rings. The molecular weight excluding hydrogens is 345 g/mol. The van der Waals surface area contributed by atoms with Crippen molar-refractivity contribution in [1.82, 2.24) is 4.57 Å². The summed E-state index contributed by atoms with van der Waals surface area (Å²) < 4.78 is 2.67. The van der Waals surface area contributed by atoms with Gasteiger partial charge in [0.1, 0.15) is 8.24 Å². The van der Waals surface area contributed by atoms with Crippen LogP contribution in [0.5, 0.6) is 0 Å². The van der Waals surface area contributed by atoms with E-state index in [0.29, 0.717) is 0 Å². The second-order valence-electron chi connectivity index (χ2n) is 8.26. The monoisotopic (exact) mass is 379 g/mol. The fourth-order valence-electron chi connectivity index (χ4n) is 1.79. The Bertz CT molecular complexity index is 243. The van der Waals surface area contributed by atoms with E-state index >= 15 is 0 Å². The zero-order chi connectivity index (χ0) is 17.3. The molecule has 0 bridgehead atoms. The first kappa shape index (κ1) is 24.6. The number of halogens is 1. The van der Waals surface area contributed by atoms with Gasteiger partial charge in [-0.25, -0.2) is 0 Å². The summed E-state index contributed by atoms with van der Waals surface area (Å²) in [6, 6.07) is 0. The standard InChI is InChI=1S/C13H35N3Si3.Al.ClH/c1-17(2,3)14-10-12-16(19(7,8)9)13-11-15-18(4,5)6;;/h10-13H2,1-9H3;;1H/q-2;+3;/p-1. The average Bonchev–Trinajstić information content (AvgIpc) is 2.25. The summed E-state index contributed by atoms with van der Waals surface area (Å²) in [5.74, 6) is 0. The molecule has 0 aliphatic carbocycles. The summed E-state index contributed by atoms with van der Waals surface area (Å²) in [6.45, 7) is 25.4. The summed E-state index contributed by atoms with van der Waals surface area (Å²) in [7, 11) is 0.826. The molecular formula is C13H35AlClN3Si3. The summed E-state index contributed by atoms with van der Waals surface area (Å²) in [4.78, 5) is 9.73. The fraction of sp³-hybridized carbons (Fsp3) is 1.00. The maximum atomic E-state index is 4.86. The molecule has 0 saturated carbocycles. The summed E-state index contributed by atoms with van der Waals surface area (Å²) >= 11 is 1.89. The molecule has 0 spiro atoms. The first-order valence-corrected chi connectivity index (χ1v) is 19.7. The Labute approximate surface area is 149 Å². The first-order valence-electron chi connectivity index (χ1n) is 7.65. The molecule has 0 amide bonds. The van der Waals surface area contributed by atoms with Gasteiger partial charge < -0.3 is 14.5 Å². The summed E-state index contributed by atoms with van der Waals surface area (Å²) in [5.41, 5.74) is 0. The van der Waals surface area contributed by atoms with Crippen LogP contribution in [0, 0.1) is 0 Å². The van der Waals surface area contributed by atoms with Gasteiger partial charge in [0.2, 0.25) is 0 Å². The van der Waals surface area contributed by atoms with E-state index in [4.69, 9.17) is 9.96 Å². The van der Waals surface area contributed by atoms with E-state index < -0.39 is 24.7 Å². The van der Waals surface area contributed by atoms with Gasteiger partial charge in [-0.1, -0.05) is 75.4 Å². The molecule has 0 heterocycles. The number of hydrogen-bond donors (Lipinski definition) is 0. The van der Waals surface area contributed by atoms with Crippen LogP contribution in [0.4, 0.5) is 0 Å². The van der Waals surface area contributed by atoms with Crippen molar-refractivity contribution in [3.8, 4) is 0 Å².